The molecule has 0 saturated carbocycles. The first-order valence-corrected chi connectivity index (χ1v) is 42.1. The Morgan fingerprint density at radius 2 is 0.794 bits per heavy atom. The molecule has 102 heavy (non-hydrogen) atoms. The highest BCUT2D eigenvalue weighted by atomic mass is 32.1. The van der Waals surface area contributed by atoms with E-state index in [-0.39, 0.29) is 18.5 Å². The van der Waals surface area contributed by atoms with Crippen molar-refractivity contribution in [2.45, 2.75) is 236 Å². The van der Waals surface area contributed by atoms with Crippen molar-refractivity contribution in [3.8, 4) is 30.1 Å². The molecule has 7 nitrogen and oxygen atoms in total. The summed E-state index contributed by atoms with van der Waals surface area (Å²) < 4.78 is 0. The Morgan fingerprint density at radius 3 is 1.22 bits per heavy atom. The lowest BCUT2D eigenvalue weighted by Crippen LogP contribution is -2.56. The Morgan fingerprint density at radius 1 is 0.412 bits per heavy atom. The normalized spacial score (nSPS) is 13.1. The van der Waals surface area contributed by atoms with E-state index in [2.05, 4.69) is 202 Å². The molecule has 534 valence electrons. The molecule has 0 N–H and O–H groups in total. The number of thiazole rings is 1. The SMILES string of the molecule is CCCCCCCCc1ccc(N(c2ccc(CCCCCCCC)cc2)c2ccc(-c3ccc(C4=C5C(=O)N(CCCCCCCC)C(c6ccc(-c7cc(B(c8c(C)cc(C)cc8C)c8c(C)cc(C)cc8C)c(-c8ncc(C=O)s8)s7)s6)=C5C(=O)N4CCCCCCCC)s3)cc2)cc1. The van der Waals surface area contributed by atoms with E-state index in [4.69, 9.17) is 4.98 Å². The summed E-state index contributed by atoms with van der Waals surface area (Å²) in [4.78, 5) is 62.2. The lowest BCUT2D eigenvalue weighted by atomic mass is 9.34. The van der Waals surface area contributed by atoms with Crippen molar-refractivity contribution < 1.29 is 14.4 Å². The van der Waals surface area contributed by atoms with Gasteiger partial charge in [-0.05, 0) is 169 Å². The van der Waals surface area contributed by atoms with Gasteiger partial charge in [0.25, 0.3) is 11.8 Å². The summed E-state index contributed by atoms with van der Waals surface area (Å²) in [6.07, 6.45) is 33.4. The summed E-state index contributed by atoms with van der Waals surface area (Å²) >= 11 is 6.51. The molecule has 0 bridgehead atoms. The zero-order valence-corrected chi connectivity index (χ0v) is 66.1. The summed E-state index contributed by atoms with van der Waals surface area (Å²) in [5.41, 5.74) is 21.0. The lowest BCUT2D eigenvalue weighted by molar-refractivity contribution is -0.124. The van der Waals surface area contributed by atoms with Crippen molar-refractivity contribution >= 4 is 115 Å². The van der Waals surface area contributed by atoms with Crippen molar-refractivity contribution in [2.24, 2.45) is 0 Å². The van der Waals surface area contributed by atoms with Crippen LogP contribution >= 0.6 is 45.3 Å². The van der Waals surface area contributed by atoms with Gasteiger partial charge in [-0.1, -0.05) is 261 Å². The lowest BCUT2D eigenvalue weighted by Gasteiger charge is -2.26. The molecule has 0 aliphatic carbocycles. The highest BCUT2D eigenvalue weighted by Gasteiger charge is 2.49. The summed E-state index contributed by atoms with van der Waals surface area (Å²) in [5, 5.41) is 0.821. The van der Waals surface area contributed by atoms with E-state index in [1.165, 1.54) is 182 Å². The van der Waals surface area contributed by atoms with Crippen LogP contribution in [0, 0.1) is 41.5 Å². The first-order chi connectivity index (χ1) is 49.7. The second-order valence-electron chi connectivity index (χ2n) is 29.1. The number of amides is 2. The molecule has 0 radical (unpaired) electrons. The van der Waals surface area contributed by atoms with E-state index in [0.717, 1.165) is 131 Å². The number of nitrogens with zero attached hydrogens (tertiary/aromatic N) is 4. The van der Waals surface area contributed by atoms with Crippen molar-refractivity contribution in [3.63, 3.8) is 0 Å². The van der Waals surface area contributed by atoms with Crippen molar-refractivity contribution in [2.75, 3.05) is 18.0 Å². The van der Waals surface area contributed by atoms with Gasteiger partial charge in [-0.3, -0.25) is 14.4 Å². The number of carbonyl (C=O) groups is 3. The highest BCUT2D eigenvalue weighted by molar-refractivity contribution is 7.28. The molecular formula is C90H109BN4O3S4. The number of thiophene rings is 3. The predicted octanol–water partition coefficient (Wildman–Crippen LogP) is 24.3. The molecule has 0 unspecified atom stereocenters. The van der Waals surface area contributed by atoms with E-state index in [1.54, 1.807) is 40.2 Å². The minimum atomic E-state index is -0.123. The fourth-order valence-corrected chi connectivity index (χ4v) is 20.1. The Kier molecular flexibility index (Phi) is 27.5. The van der Waals surface area contributed by atoms with Gasteiger partial charge >= 0.3 is 0 Å². The largest absolute Gasteiger partial charge is 0.311 e. The third-order valence-electron chi connectivity index (χ3n) is 21.0. The van der Waals surface area contributed by atoms with Crippen LogP contribution in [0.2, 0.25) is 0 Å². The van der Waals surface area contributed by atoms with Crippen molar-refractivity contribution in [1.82, 2.24) is 14.8 Å². The summed E-state index contributed by atoms with van der Waals surface area (Å²) in [7, 11) is 0. The minimum absolute atomic E-state index is 0.0754. The number of fused-ring (bicyclic) bond motifs is 1. The number of carbonyl (C=O) groups excluding carboxylic acids is 3. The molecule has 0 saturated heterocycles. The molecule has 5 aromatic carbocycles. The van der Waals surface area contributed by atoms with E-state index in [9.17, 15) is 4.79 Å². The third-order valence-corrected chi connectivity index (χ3v) is 25.6. The standard InChI is InChI=1S/C90H109BN4O3S4/c1-11-15-19-23-27-31-35-68-37-43-71(44-38-68)95(72-45-39-69(40-46-72)36-32-28-24-20-16-12-2)73-47-41-70(42-48-73)76-49-51-78(100-76)85-81-82(90(98)93(85)53-33-29-25-21-17-13-3)86(94(89(81)97)54-34-30-26-22-18-14-4)79-52-50-77(101-79)80-59-75(87(102-80)88-92-60-74(61-96)99-88)91(83-64(7)55-62(5)56-65(83)8)84-66(9)57-63(6)58-67(84)10/h37-52,55-61H,11-36,53-54H2,1-10H3. The maximum atomic E-state index is 15.9. The molecule has 4 aromatic heterocycles. The fourth-order valence-electron chi connectivity index (χ4n) is 15.8. The van der Waals surface area contributed by atoms with E-state index in [0.29, 0.717) is 29.1 Å². The molecule has 2 aliphatic heterocycles. The smallest absolute Gasteiger partial charge is 0.261 e. The first kappa shape index (κ1) is 75.9. The number of unbranched alkanes of at least 4 members (excludes halogenated alkanes) is 20. The quantitative estimate of drug-likeness (QED) is 0.0217. The number of anilines is 3. The van der Waals surface area contributed by atoms with Crippen LogP contribution in [0.4, 0.5) is 17.1 Å². The average Bonchev–Trinajstić information content (AvgIpc) is 1.55. The van der Waals surface area contributed by atoms with Gasteiger partial charge < -0.3 is 14.7 Å². The maximum absolute atomic E-state index is 15.9. The van der Waals surface area contributed by atoms with Crippen molar-refractivity contribution in [1.29, 1.82) is 0 Å². The molecule has 6 heterocycles. The number of hydrogen-bond donors (Lipinski definition) is 0. The Bertz CT molecular complexity index is 4190. The van der Waals surface area contributed by atoms with Gasteiger partial charge in [0.1, 0.15) is 5.01 Å². The van der Waals surface area contributed by atoms with Gasteiger partial charge in [0.05, 0.1) is 42.0 Å². The molecule has 2 amide bonds. The van der Waals surface area contributed by atoms with Gasteiger partial charge in [0, 0.05) is 51.0 Å². The zero-order chi connectivity index (χ0) is 71.7. The van der Waals surface area contributed by atoms with Crippen molar-refractivity contribution in [3.05, 3.63) is 204 Å². The molecular weight excluding hydrogens is 1320 g/mol. The van der Waals surface area contributed by atoms with Crippen LogP contribution in [-0.4, -0.2) is 52.7 Å². The molecule has 0 spiro atoms. The van der Waals surface area contributed by atoms with Gasteiger partial charge in [0.15, 0.2) is 6.29 Å². The number of benzene rings is 5. The summed E-state index contributed by atoms with van der Waals surface area (Å²) in [6.45, 7) is 23.3. The fraction of sp³-hybridized carbons (Fsp3) is 0.422. The van der Waals surface area contributed by atoms with Crippen LogP contribution < -0.4 is 21.3 Å². The number of hydrogen-bond acceptors (Lipinski definition) is 9. The number of rotatable bonds is 40. The molecule has 2 aliphatic rings. The maximum Gasteiger partial charge on any atom is 0.261 e. The Balaban J connectivity index is 0.971. The molecule has 11 rings (SSSR count). The van der Waals surface area contributed by atoms with E-state index >= 15 is 9.59 Å². The zero-order valence-electron chi connectivity index (χ0n) is 62.8. The van der Waals surface area contributed by atoms with Gasteiger partial charge in [0.2, 0.25) is 6.71 Å². The van der Waals surface area contributed by atoms with Gasteiger partial charge in [-0.15, -0.1) is 45.3 Å². The number of aromatic nitrogens is 1. The van der Waals surface area contributed by atoms with E-state index in [1.807, 2.05) is 9.80 Å². The molecule has 12 heteroatoms. The van der Waals surface area contributed by atoms with Gasteiger partial charge in [-0.25, -0.2) is 4.98 Å². The number of aldehydes is 1. The second-order valence-corrected chi connectivity index (χ2v) is 33.4. The summed E-state index contributed by atoms with van der Waals surface area (Å²) in [6, 6.07) is 47.9. The molecule has 9 aromatic rings. The predicted molar refractivity (Wildman–Crippen MR) is 443 cm³/mol. The van der Waals surface area contributed by atoms with Crippen LogP contribution in [0.3, 0.4) is 0 Å². The molecule has 0 atom stereocenters. The number of aryl methyl sites for hydroxylation is 8. The Hall–Kier alpha value is -7.22. The topological polar surface area (TPSA) is 73.8 Å². The van der Waals surface area contributed by atoms with Crippen LogP contribution in [0.25, 0.3) is 41.5 Å². The van der Waals surface area contributed by atoms with E-state index < -0.39 is 0 Å². The second kappa shape index (κ2) is 37.0. The monoisotopic (exact) mass is 1430 g/mol. The van der Waals surface area contributed by atoms with Crippen LogP contribution in [0.15, 0.2) is 145 Å². The average molecular weight is 1430 g/mol. The highest BCUT2D eigenvalue weighted by Crippen LogP contribution is 2.51. The first-order valence-electron chi connectivity index (χ1n) is 38.9. The van der Waals surface area contributed by atoms with Gasteiger partial charge in [-0.2, -0.15) is 0 Å². The molecule has 0 fully saturated rings. The third kappa shape index (κ3) is 18.1. The van der Waals surface area contributed by atoms with Crippen LogP contribution in [-0.2, 0) is 22.4 Å². The van der Waals surface area contributed by atoms with Crippen LogP contribution in [0.1, 0.15) is 246 Å². The summed E-state index contributed by atoms with van der Waals surface area (Å²) in [5.74, 6) is -0.151. The van der Waals surface area contributed by atoms with Crippen LogP contribution in [0.5, 0.6) is 0 Å². The Labute approximate surface area is 627 Å². The minimum Gasteiger partial charge on any atom is -0.311 e.